The lowest BCUT2D eigenvalue weighted by Crippen LogP contribution is -2.52. The summed E-state index contributed by atoms with van der Waals surface area (Å²) in [5.41, 5.74) is 2.87. The standard InChI is InChI=1S/C18H27N3O3S/c1-14(19-25(2,23)24)18(22)20-11-8-17(9-12-20)21-10-7-15-5-3-4-6-16(15)13-21/h3-6,14,17,19H,7-13H2,1-2H3/t14-/m1/s1. The van der Waals surface area contributed by atoms with E-state index in [-0.39, 0.29) is 5.91 Å². The molecule has 0 bridgehead atoms. The maximum Gasteiger partial charge on any atom is 0.240 e. The van der Waals surface area contributed by atoms with Gasteiger partial charge in [-0.1, -0.05) is 24.3 Å². The molecule has 6 nitrogen and oxygen atoms in total. The second kappa shape index (κ2) is 7.43. The second-order valence-electron chi connectivity index (χ2n) is 7.16. The second-order valence-corrected chi connectivity index (χ2v) is 8.94. The first kappa shape index (κ1) is 18.4. The van der Waals surface area contributed by atoms with Crippen LogP contribution in [0.2, 0.25) is 0 Å². The molecule has 0 saturated carbocycles. The van der Waals surface area contributed by atoms with Gasteiger partial charge in [-0.3, -0.25) is 9.69 Å². The van der Waals surface area contributed by atoms with E-state index in [1.165, 1.54) is 11.1 Å². The number of nitrogens with zero attached hydrogens (tertiary/aromatic N) is 2. The van der Waals surface area contributed by atoms with Crippen molar-refractivity contribution in [3.8, 4) is 0 Å². The van der Waals surface area contributed by atoms with Crippen molar-refractivity contribution in [1.29, 1.82) is 0 Å². The van der Waals surface area contributed by atoms with Gasteiger partial charge in [0.15, 0.2) is 0 Å². The summed E-state index contributed by atoms with van der Waals surface area (Å²) in [5.74, 6) is -0.132. The van der Waals surface area contributed by atoms with Gasteiger partial charge in [-0.2, -0.15) is 0 Å². The molecule has 1 amide bonds. The Morgan fingerprint density at radius 3 is 2.44 bits per heavy atom. The Hall–Kier alpha value is -1.44. The van der Waals surface area contributed by atoms with Crippen LogP contribution in [0.4, 0.5) is 0 Å². The number of nitrogens with one attached hydrogen (secondary N) is 1. The zero-order valence-electron chi connectivity index (χ0n) is 14.9. The van der Waals surface area contributed by atoms with Crippen molar-refractivity contribution in [2.75, 3.05) is 25.9 Å². The van der Waals surface area contributed by atoms with Gasteiger partial charge in [0.05, 0.1) is 12.3 Å². The molecule has 0 aromatic heterocycles. The van der Waals surface area contributed by atoms with Gasteiger partial charge >= 0.3 is 0 Å². The number of hydrogen-bond acceptors (Lipinski definition) is 4. The largest absolute Gasteiger partial charge is 0.341 e. The van der Waals surface area contributed by atoms with Gasteiger partial charge in [-0.05, 0) is 37.3 Å². The van der Waals surface area contributed by atoms with E-state index in [1.54, 1.807) is 11.8 Å². The average Bonchev–Trinajstić information content (AvgIpc) is 2.59. The number of amides is 1. The van der Waals surface area contributed by atoms with Gasteiger partial charge in [0.2, 0.25) is 15.9 Å². The molecule has 25 heavy (non-hydrogen) atoms. The van der Waals surface area contributed by atoms with Crippen LogP contribution < -0.4 is 4.72 Å². The van der Waals surface area contributed by atoms with Crippen molar-refractivity contribution < 1.29 is 13.2 Å². The smallest absolute Gasteiger partial charge is 0.240 e. The maximum absolute atomic E-state index is 12.4. The third kappa shape index (κ3) is 4.59. The number of benzene rings is 1. The van der Waals surface area contributed by atoms with Gasteiger partial charge in [0, 0.05) is 32.2 Å². The zero-order valence-corrected chi connectivity index (χ0v) is 15.8. The molecule has 0 spiro atoms. The van der Waals surface area contributed by atoms with E-state index < -0.39 is 16.1 Å². The fourth-order valence-electron chi connectivity index (χ4n) is 3.93. The van der Waals surface area contributed by atoms with E-state index >= 15 is 0 Å². The minimum absolute atomic E-state index is 0.132. The highest BCUT2D eigenvalue weighted by Gasteiger charge is 2.30. The Labute approximate surface area is 150 Å². The summed E-state index contributed by atoms with van der Waals surface area (Å²) in [6.07, 6.45) is 4.06. The fourth-order valence-corrected chi connectivity index (χ4v) is 4.67. The topological polar surface area (TPSA) is 69.7 Å². The molecule has 0 radical (unpaired) electrons. The van der Waals surface area contributed by atoms with Crippen molar-refractivity contribution in [3.63, 3.8) is 0 Å². The first-order chi connectivity index (χ1) is 11.8. The first-order valence-electron chi connectivity index (χ1n) is 8.90. The van der Waals surface area contributed by atoms with Crippen LogP contribution in [0.5, 0.6) is 0 Å². The van der Waals surface area contributed by atoms with Gasteiger partial charge in [-0.25, -0.2) is 13.1 Å². The van der Waals surface area contributed by atoms with Gasteiger partial charge < -0.3 is 4.90 Å². The zero-order chi connectivity index (χ0) is 18.0. The monoisotopic (exact) mass is 365 g/mol. The summed E-state index contributed by atoms with van der Waals surface area (Å²) >= 11 is 0. The number of hydrogen-bond donors (Lipinski definition) is 1. The Kier molecular flexibility index (Phi) is 5.46. The molecule has 1 aromatic carbocycles. The number of sulfonamides is 1. The number of fused-ring (bicyclic) bond motifs is 1. The van der Waals surface area contributed by atoms with E-state index in [0.29, 0.717) is 19.1 Å². The van der Waals surface area contributed by atoms with E-state index in [1.807, 2.05) is 0 Å². The van der Waals surface area contributed by atoms with Crippen molar-refractivity contribution in [2.45, 2.75) is 44.8 Å². The quantitative estimate of drug-likeness (QED) is 0.863. The summed E-state index contributed by atoms with van der Waals surface area (Å²) in [7, 11) is -3.37. The van der Waals surface area contributed by atoms with Gasteiger partial charge in [0.1, 0.15) is 0 Å². The van der Waals surface area contributed by atoms with Crippen LogP contribution >= 0.6 is 0 Å². The highest BCUT2D eigenvalue weighted by atomic mass is 32.2. The Balaban J connectivity index is 1.53. The minimum Gasteiger partial charge on any atom is -0.341 e. The molecule has 2 aliphatic heterocycles. The molecule has 1 aromatic rings. The molecule has 1 atom stereocenters. The van der Waals surface area contributed by atoms with Crippen LogP contribution in [-0.2, 0) is 27.8 Å². The third-order valence-electron chi connectivity index (χ3n) is 5.21. The molecule has 2 heterocycles. The van der Waals surface area contributed by atoms with Crippen molar-refractivity contribution in [2.24, 2.45) is 0 Å². The first-order valence-corrected chi connectivity index (χ1v) is 10.8. The van der Waals surface area contributed by atoms with Crippen LogP contribution in [0.15, 0.2) is 24.3 Å². The molecule has 1 N–H and O–H groups in total. The number of piperidine rings is 1. The molecule has 7 heteroatoms. The van der Waals surface area contributed by atoms with Crippen LogP contribution in [0.3, 0.4) is 0 Å². The maximum atomic E-state index is 12.4. The number of likely N-dealkylation sites (tertiary alicyclic amines) is 1. The van der Waals surface area contributed by atoms with Crippen molar-refractivity contribution >= 4 is 15.9 Å². The highest BCUT2D eigenvalue weighted by Crippen LogP contribution is 2.25. The summed E-state index contributed by atoms with van der Waals surface area (Å²) in [6, 6.07) is 8.41. The summed E-state index contributed by atoms with van der Waals surface area (Å²) in [5, 5.41) is 0. The Morgan fingerprint density at radius 1 is 1.16 bits per heavy atom. The third-order valence-corrected chi connectivity index (χ3v) is 6.00. The van der Waals surface area contributed by atoms with Gasteiger partial charge in [0.25, 0.3) is 0 Å². The van der Waals surface area contributed by atoms with E-state index in [2.05, 4.69) is 33.9 Å². The predicted octanol–water partition coefficient (Wildman–Crippen LogP) is 0.973. The number of carbonyl (C=O) groups excluding carboxylic acids is 1. The number of rotatable bonds is 4. The molecule has 1 saturated heterocycles. The molecule has 138 valence electrons. The highest BCUT2D eigenvalue weighted by molar-refractivity contribution is 7.88. The van der Waals surface area contributed by atoms with Crippen LogP contribution in [0.25, 0.3) is 0 Å². The molecule has 0 unspecified atom stereocenters. The van der Waals surface area contributed by atoms with Gasteiger partial charge in [-0.15, -0.1) is 0 Å². The summed E-state index contributed by atoms with van der Waals surface area (Å²) in [4.78, 5) is 16.7. The Bertz CT molecular complexity index is 727. The Morgan fingerprint density at radius 2 is 1.80 bits per heavy atom. The molecule has 1 fully saturated rings. The molecule has 0 aliphatic carbocycles. The molecule has 3 rings (SSSR count). The van der Waals surface area contributed by atoms with E-state index in [4.69, 9.17) is 0 Å². The van der Waals surface area contributed by atoms with E-state index in [0.717, 1.165) is 38.6 Å². The van der Waals surface area contributed by atoms with E-state index in [9.17, 15) is 13.2 Å². The average molecular weight is 365 g/mol. The van der Waals surface area contributed by atoms with Crippen LogP contribution in [0.1, 0.15) is 30.9 Å². The SMILES string of the molecule is C[C@@H](NS(C)(=O)=O)C(=O)N1CCC(N2CCc3ccccc3C2)CC1. The van der Waals surface area contributed by atoms with Crippen LogP contribution in [0, 0.1) is 0 Å². The summed E-state index contributed by atoms with van der Waals surface area (Å²) < 4.78 is 25.0. The van der Waals surface area contributed by atoms with Crippen LogP contribution in [-0.4, -0.2) is 62.1 Å². The minimum atomic E-state index is -3.37. The molecule has 2 aliphatic rings. The molecular formula is C18H27N3O3S. The predicted molar refractivity (Wildman–Crippen MR) is 97.6 cm³/mol. The van der Waals surface area contributed by atoms with Crippen molar-refractivity contribution in [3.05, 3.63) is 35.4 Å². The fraction of sp³-hybridized carbons (Fsp3) is 0.611. The number of carbonyl (C=O) groups is 1. The lowest BCUT2D eigenvalue weighted by molar-refractivity contribution is -0.134. The lowest BCUT2D eigenvalue weighted by atomic mass is 9.95. The van der Waals surface area contributed by atoms with Crippen molar-refractivity contribution in [1.82, 2.24) is 14.5 Å². The molecular weight excluding hydrogens is 338 g/mol. The lowest BCUT2D eigenvalue weighted by Gasteiger charge is -2.41. The summed E-state index contributed by atoms with van der Waals surface area (Å²) in [6.45, 7) is 5.05. The normalized spacial score (nSPS) is 21.0.